The maximum Gasteiger partial charge on any atom is 0.226 e. The van der Waals surface area contributed by atoms with Crippen LogP contribution in [0.3, 0.4) is 0 Å². The van der Waals surface area contributed by atoms with E-state index in [-0.39, 0.29) is 0 Å². The molecule has 0 aromatic carbocycles. The molecule has 0 saturated carbocycles. The van der Waals surface area contributed by atoms with Gasteiger partial charge in [-0.15, -0.1) is 0 Å². The van der Waals surface area contributed by atoms with Crippen molar-refractivity contribution in [1.29, 1.82) is 0 Å². The van der Waals surface area contributed by atoms with Gasteiger partial charge in [-0.1, -0.05) is 12.1 Å². The molecule has 1 unspecified atom stereocenters. The number of ether oxygens (including phenoxy) is 1. The van der Waals surface area contributed by atoms with Gasteiger partial charge in [0.25, 0.3) is 0 Å². The van der Waals surface area contributed by atoms with Crippen molar-refractivity contribution in [3.8, 4) is 0 Å². The highest BCUT2D eigenvalue weighted by atomic mass is 16.5. The van der Waals surface area contributed by atoms with Gasteiger partial charge in [-0.05, 0) is 26.8 Å². The van der Waals surface area contributed by atoms with Crippen LogP contribution in [0.4, 0.5) is 0 Å². The third-order valence-electron chi connectivity index (χ3n) is 2.29. The van der Waals surface area contributed by atoms with Crippen molar-refractivity contribution in [1.82, 2.24) is 15.5 Å². The summed E-state index contributed by atoms with van der Waals surface area (Å²) < 4.78 is 10.3. The molecule has 0 aliphatic carbocycles. The lowest BCUT2D eigenvalue weighted by molar-refractivity contribution is 0.126. The fourth-order valence-electron chi connectivity index (χ4n) is 1.43. The van der Waals surface area contributed by atoms with Crippen LogP contribution in [0.5, 0.6) is 0 Å². The van der Waals surface area contributed by atoms with Crippen LogP contribution in [-0.2, 0) is 17.8 Å². The standard InChI is InChI=1S/C11H21N3O2/c1-4-12-9(3)6-7-11-13-10(14-16-11)8-15-5-2/h9,12H,4-8H2,1-3H3. The highest BCUT2D eigenvalue weighted by Crippen LogP contribution is 2.04. The zero-order chi connectivity index (χ0) is 11.8. The van der Waals surface area contributed by atoms with Gasteiger partial charge in [-0.25, -0.2) is 0 Å². The van der Waals surface area contributed by atoms with E-state index in [0.717, 1.165) is 19.4 Å². The van der Waals surface area contributed by atoms with E-state index < -0.39 is 0 Å². The lowest BCUT2D eigenvalue weighted by Gasteiger charge is -2.09. The van der Waals surface area contributed by atoms with E-state index in [0.29, 0.717) is 31.0 Å². The first-order valence-electron chi connectivity index (χ1n) is 5.88. The fourth-order valence-corrected chi connectivity index (χ4v) is 1.43. The van der Waals surface area contributed by atoms with Crippen LogP contribution in [0.1, 0.15) is 38.9 Å². The highest BCUT2D eigenvalue weighted by molar-refractivity contribution is 4.85. The van der Waals surface area contributed by atoms with Gasteiger partial charge >= 0.3 is 0 Å². The molecule has 0 fully saturated rings. The number of nitrogens with one attached hydrogen (secondary N) is 1. The summed E-state index contributed by atoms with van der Waals surface area (Å²) in [5, 5.41) is 7.19. The maximum absolute atomic E-state index is 5.20. The van der Waals surface area contributed by atoms with Crippen LogP contribution in [-0.4, -0.2) is 29.3 Å². The van der Waals surface area contributed by atoms with Gasteiger partial charge < -0.3 is 14.6 Å². The highest BCUT2D eigenvalue weighted by Gasteiger charge is 2.08. The topological polar surface area (TPSA) is 60.2 Å². The molecule has 5 nitrogen and oxygen atoms in total. The first-order valence-corrected chi connectivity index (χ1v) is 5.88. The monoisotopic (exact) mass is 227 g/mol. The van der Waals surface area contributed by atoms with E-state index >= 15 is 0 Å². The molecule has 5 heteroatoms. The van der Waals surface area contributed by atoms with Gasteiger partial charge in [0.15, 0.2) is 5.82 Å². The van der Waals surface area contributed by atoms with Crippen molar-refractivity contribution < 1.29 is 9.26 Å². The van der Waals surface area contributed by atoms with E-state index in [4.69, 9.17) is 9.26 Å². The van der Waals surface area contributed by atoms with E-state index in [1.807, 2.05) is 6.92 Å². The Bertz CT molecular complexity index is 289. The van der Waals surface area contributed by atoms with Crippen LogP contribution in [0, 0.1) is 0 Å². The van der Waals surface area contributed by atoms with Crippen molar-refractivity contribution in [3.05, 3.63) is 11.7 Å². The lowest BCUT2D eigenvalue weighted by Crippen LogP contribution is -2.25. The minimum absolute atomic E-state index is 0.433. The molecule has 0 radical (unpaired) electrons. The molecule has 1 aromatic heterocycles. The Kier molecular flexibility index (Phi) is 6.03. The summed E-state index contributed by atoms with van der Waals surface area (Å²) in [6.07, 6.45) is 1.82. The zero-order valence-corrected chi connectivity index (χ0v) is 10.3. The first kappa shape index (κ1) is 13.1. The Labute approximate surface area is 96.6 Å². The summed E-state index contributed by atoms with van der Waals surface area (Å²) in [4.78, 5) is 4.25. The minimum atomic E-state index is 0.433. The molecule has 1 atom stereocenters. The van der Waals surface area contributed by atoms with Crippen LogP contribution in [0.2, 0.25) is 0 Å². The molecule has 1 rings (SSSR count). The van der Waals surface area contributed by atoms with Crippen molar-refractivity contribution >= 4 is 0 Å². The van der Waals surface area contributed by atoms with Gasteiger partial charge in [0.2, 0.25) is 5.89 Å². The van der Waals surface area contributed by atoms with Gasteiger partial charge in [0, 0.05) is 19.1 Å². The van der Waals surface area contributed by atoms with Gasteiger partial charge in [0.05, 0.1) is 0 Å². The minimum Gasteiger partial charge on any atom is -0.374 e. The molecule has 92 valence electrons. The smallest absolute Gasteiger partial charge is 0.226 e. The number of rotatable bonds is 8. The summed E-state index contributed by atoms with van der Waals surface area (Å²) in [5.41, 5.74) is 0. The van der Waals surface area contributed by atoms with E-state index in [1.165, 1.54) is 0 Å². The summed E-state index contributed by atoms with van der Waals surface area (Å²) in [7, 11) is 0. The van der Waals surface area contributed by atoms with E-state index in [1.54, 1.807) is 0 Å². The second-order valence-corrected chi connectivity index (χ2v) is 3.74. The average molecular weight is 227 g/mol. The Hall–Kier alpha value is -0.940. The summed E-state index contributed by atoms with van der Waals surface area (Å²) in [6, 6.07) is 0.479. The summed E-state index contributed by atoms with van der Waals surface area (Å²) in [6.45, 7) is 8.29. The molecule has 1 heterocycles. The van der Waals surface area contributed by atoms with Gasteiger partial charge in [0.1, 0.15) is 6.61 Å². The first-order chi connectivity index (χ1) is 7.76. The normalized spacial score (nSPS) is 12.9. The Morgan fingerprint density at radius 1 is 1.44 bits per heavy atom. The van der Waals surface area contributed by atoms with Crippen LogP contribution < -0.4 is 5.32 Å². The fraction of sp³-hybridized carbons (Fsp3) is 0.818. The van der Waals surface area contributed by atoms with Crippen LogP contribution >= 0.6 is 0 Å². The van der Waals surface area contributed by atoms with Crippen LogP contribution in [0.15, 0.2) is 4.52 Å². The van der Waals surface area contributed by atoms with E-state index in [9.17, 15) is 0 Å². The molecular weight excluding hydrogens is 206 g/mol. The number of aromatic nitrogens is 2. The second-order valence-electron chi connectivity index (χ2n) is 3.74. The number of aryl methyl sites for hydroxylation is 1. The summed E-state index contributed by atoms with van der Waals surface area (Å²) >= 11 is 0. The van der Waals surface area contributed by atoms with Crippen molar-refractivity contribution in [2.45, 2.75) is 46.3 Å². The zero-order valence-electron chi connectivity index (χ0n) is 10.3. The van der Waals surface area contributed by atoms with Crippen molar-refractivity contribution in [2.75, 3.05) is 13.2 Å². The average Bonchev–Trinajstić information content (AvgIpc) is 2.72. The third-order valence-corrected chi connectivity index (χ3v) is 2.29. The second kappa shape index (κ2) is 7.35. The molecule has 0 aliphatic heterocycles. The molecule has 0 aliphatic rings. The van der Waals surface area contributed by atoms with E-state index in [2.05, 4.69) is 29.3 Å². The molecule has 0 bridgehead atoms. The Morgan fingerprint density at radius 2 is 2.25 bits per heavy atom. The molecule has 0 spiro atoms. The number of hydrogen-bond acceptors (Lipinski definition) is 5. The maximum atomic E-state index is 5.20. The quantitative estimate of drug-likeness (QED) is 0.730. The molecule has 1 aromatic rings. The lowest BCUT2D eigenvalue weighted by atomic mass is 10.2. The van der Waals surface area contributed by atoms with Gasteiger partial charge in [-0.3, -0.25) is 0 Å². The summed E-state index contributed by atoms with van der Waals surface area (Å²) in [5.74, 6) is 1.33. The van der Waals surface area contributed by atoms with Crippen LogP contribution in [0.25, 0.3) is 0 Å². The Morgan fingerprint density at radius 3 is 2.94 bits per heavy atom. The molecular formula is C11H21N3O2. The third kappa shape index (κ3) is 4.72. The molecule has 0 amide bonds. The largest absolute Gasteiger partial charge is 0.374 e. The molecule has 16 heavy (non-hydrogen) atoms. The van der Waals surface area contributed by atoms with Crippen molar-refractivity contribution in [2.24, 2.45) is 0 Å². The van der Waals surface area contributed by atoms with Crippen molar-refractivity contribution in [3.63, 3.8) is 0 Å². The van der Waals surface area contributed by atoms with Gasteiger partial charge in [-0.2, -0.15) is 4.98 Å². The number of nitrogens with zero attached hydrogens (tertiary/aromatic N) is 2. The predicted molar refractivity (Wildman–Crippen MR) is 61.1 cm³/mol. The Balaban J connectivity index is 2.28. The molecule has 1 N–H and O–H groups in total. The SMILES string of the molecule is CCNC(C)CCc1nc(COCC)no1. The predicted octanol–water partition coefficient (Wildman–Crippen LogP) is 1.54. The molecule has 0 saturated heterocycles. The number of hydrogen-bond donors (Lipinski definition) is 1.